The second-order valence-corrected chi connectivity index (χ2v) is 9.32. The quantitative estimate of drug-likeness (QED) is 0.370. The van der Waals surface area contributed by atoms with Crippen molar-refractivity contribution in [2.45, 2.75) is 43.0 Å². The normalized spacial score (nSPS) is 17.8. The van der Waals surface area contributed by atoms with Crippen molar-refractivity contribution in [3.8, 4) is 0 Å². The number of likely N-dealkylation sites (tertiary alicyclic amines) is 1. The number of nitrogens with one attached hydrogen (secondary N) is 3. The van der Waals surface area contributed by atoms with Crippen LogP contribution in [0.4, 0.5) is 0 Å². The third-order valence-corrected chi connectivity index (χ3v) is 7.15. The molecule has 142 valence electrons. The van der Waals surface area contributed by atoms with Gasteiger partial charge in [0.2, 0.25) is 10.0 Å². The van der Waals surface area contributed by atoms with Crippen LogP contribution in [-0.2, 0) is 10.0 Å². The van der Waals surface area contributed by atoms with Crippen LogP contribution in [0.15, 0.2) is 26.7 Å². The van der Waals surface area contributed by atoms with Crippen LogP contribution in [0.25, 0.3) is 0 Å². The molecule has 0 bridgehead atoms. The van der Waals surface area contributed by atoms with E-state index in [1.54, 1.807) is 24.6 Å². The van der Waals surface area contributed by atoms with Crippen molar-refractivity contribution in [3.63, 3.8) is 0 Å². The minimum Gasteiger partial charge on any atom is -0.355 e. The van der Waals surface area contributed by atoms with Gasteiger partial charge in [-0.1, -0.05) is 6.07 Å². The molecule has 0 aliphatic carbocycles. The molecule has 1 saturated heterocycles. The van der Waals surface area contributed by atoms with Gasteiger partial charge in [-0.2, -0.15) is 0 Å². The third-order valence-electron chi connectivity index (χ3n) is 4.29. The molecule has 3 N–H and O–H groups in total. The molecule has 25 heavy (non-hydrogen) atoms. The van der Waals surface area contributed by atoms with Gasteiger partial charge in [0, 0.05) is 45.3 Å². The highest BCUT2D eigenvalue weighted by Gasteiger charge is 2.21. The average Bonchev–Trinajstić information content (AvgIpc) is 3.13. The molecule has 7 nitrogen and oxygen atoms in total. The Hall–Kier alpha value is -1.16. The Bertz CT molecular complexity index is 635. The molecule has 0 saturated carbocycles. The van der Waals surface area contributed by atoms with Crippen molar-refractivity contribution in [2.24, 2.45) is 4.99 Å². The zero-order chi connectivity index (χ0) is 18.3. The number of nitrogens with zero attached hydrogens (tertiary/aromatic N) is 2. The van der Waals surface area contributed by atoms with E-state index in [1.165, 1.54) is 11.3 Å². The van der Waals surface area contributed by atoms with Gasteiger partial charge in [0.1, 0.15) is 4.21 Å². The van der Waals surface area contributed by atoms with E-state index in [4.69, 9.17) is 0 Å². The molecule has 1 aliphatic rings. The van der Waals surface area contributed by atoms with Gasteiger partial charge >= 0.3 is 0 Å². The predicted octanol–water partition coefficient (Wildman–Crippen LogP) is 1.06. The molecule has 1 aromatic heterocycles. The van der Waals surface area contributed by atoms with E-state index in [2.05, 4.69) is 39.1 Å². The van der Waals surface area contributed by atoms with Crippen LogP contribution in [0.1, 0.15) is 26.7 Å². The maximum Gasteiger partial charge on any atom is 0.250 e. The van der Waals surface area contributed by atoms with Crippen molar-refractivity contribution in [1.82, 2.24) is 20.3 Å². The molecule has 2 heterocycles. The van der Waals surface area contributed by atoms with Crippen LogP contribution in [0.3, 0.4) is 0 Å². The van der Waals surface area contributed by atoms with Crippen LogP contribution < -0.4 is 15.4 Å². The van der Waals surface area contributed by atoms with E-state index < -0.39 is 10.0 Å². The highest BCUT2D eigenvalue weighted by atomic mass is 32.2. The largest absolute Gasteiger partial charge is 0.355 e. The van der Waals surface area contributed by atoms with Gasteiger partial charge in [0.25, 0.3) is 0 Å². The van der Waals surface area contributed by atoms with E-state index in [1.807, 2.05) is 0 Å². The summed E-state index contributed by atoms with van der Waals surface area (Å²) in [4.78, 5) is 6.71. The fourth-order valence-electron chi connectivity index (χ4n) is 2.80. The number of aliphatic imine (C=N–C) groups is 1. The third kappa shape index (κ3) is 6.25. The first-order valence-electron chi connectivity index (χ1n) is 8.67. The Balaban J connectivity index is 1.69. The number of sulfonamides is 1. The van der Waals surface area contributed by atoms with Crippen LogP contribution in [0.5, 0.6) is 0 Å². The van der Waals surface area contributed by atoms with Crippen LogP contribution in [0, 0.1) is 0 Å². The van der Waals surface area contributed by atoms with Gasteiger partial charge in [0.15, 0.2) is 5.96 Å². The van der Waals surface area contributed by atoms with Crippen LogP contribution >= 0.6 is 11.3 Å². The Labute approximate surface area is 155 Å². The second-order valence-electron chi connectivity index (χ2n) is 6.38. The molecule has 9 heteroatoms. The van der Waals surface area contributed by atoms with Crippen molar-refractivity contribution in [2.75, 3.05) is 33.2 Å². The topological polar surface area (TPSA) is 85.8 Å². The summed E-state index contributed by atoms with van der Waals surface area (Å²) in [6.45, 7) is 7.43. The summed E-state index contributed by atoms with van der Waals surface area (Å²) < 4.78 is 27.0. The van der Waals surface area contributed by atoms with Gasteiger partial charge in [-0.05, 0) is 38.1 Å². The number of guanidine groups is 1. The summed E-state index contributed by atoms with van der Waals surface area (Å²) >= 11 is 1.21. The maximum absolute atomic E-state index is 12.0. The van der Waals surface area contributed by atoms with E-state index in [9.17, 15) is 8.42 Å². The molecule has 0 amide bonds. The highest BCUT2D eigenvalue weighted by Crippen LogP contribution is 2.15. The zero-order valence-electron chi connectivity index (χ0n) is 15.2. The Morgan fingerprint density at radius 3 is 2.64 bits per heavy atom. The maximum atomic E-state index is 12.0. The summed E-state index contributed by atoms with van der Waals surface area (Å²) in [5, 5.41) is 8.35. The van der Waals surface area contributed by atoms with Crippen LogP contribution in [0.2, 0.25) is 0 Å². The molecular formula is C16H29N5O2S2. The van der Waals surface area contributed by atoms with Gasteiger partial charge in [-0.25, -0.2) is 13.1 Å². The smallest absolute Gasteiger partial charge is 0.250 e. The van der Waals surface area contributed by atoms with Crippen molar-refractivity contribution in [1.29, 1.82) is 0 Å². The lowest BCUT2D eigenvalue weighted by molar-refractivity contribution is 0.167. The molecule has 0 unspecified atom stereocenters. The van der Waals surface area contributed by atoms with Gasteiger partial charge < -0.3 is 15.5 Å². The van der Waals surface area contributed by atoms with Gasteiger partial charge in [-0.3, -0.25) is 4.99 Å². The Morgan fingerprint density at radius 2 is 2.08 bits per heavy atom. The lowest BCUT2D eigenvalue weighted by Crippen LogP contribution is -2.50. The molecule has 1 aliphatic heterocycles. The molecule has 0 aromatic carbocycles. The fraction of sp³-hybridized carbons (Fsp3) is 0.688. The minimum absolute atomic E-state index is 0.312. The zero-order valence-corrected chi connectivity index (χ0v) is 16.8. The Morgan fingerprint density at radius 1 is 1.36 bits per heavy atom. The lowest BCUT2D eigenvalue weighted by Gasteiger charge is -2.35. The molecule has 0 radical (unpaired) electrons. The van der Waals surface area contributed by atoms with Crippen molar-refractivity contribution < 1.29 is 8.42 Å². The molecule has 1 aromatic rings. The lowest BCUT2D eigenvalue weighted by atomic mass is 10.0. The first-order chi connectivity index (χ1) is 11.9. The summed E-state index contributed by atoms with van der Waals surface area (Å²) in [6, 6.07) is 4.33. The van der Waals surface area contributed by atoms with E-state index in [-0.39, 0.29) is 0 Å². The van der Waals surface area contributed by atoms with Gasteiger partial charge in [-0.15, -0.1) is 11.3 Å². The molecular weight excluding hydrogens is 358 g/mol. The predicted molar refractivity (Wildman–Crippen MR) is 104 cm³/mol. The number of hydrogen-bond acceptors (Lipinski definition) is 5. The Kier molecular flexibility index (Phi) is 7.67. The van der Waals surface area contributed by atoms with E-state index >= 15 is 0 Å². The number of hydrogen-bond donors (Lipinski definition) is 3. The number of thiophene rings is 1. The summed E-state index contributed by atoms with van der Waals surface area (Å²) in [6.07, 6.45) is 2.17. The van der Waals surface area contributed by atoms with Crippen molar-refractivity contribution >= 4 is 27.3 Å². The highest BCUT2D eigenvalue weighted by molar-refractivity contribution is 7.91. The second kappa shape index (κ2) is 9.51. The average molecular weight is 388 g/mol. The SMILES string of the molecule is CN=C(NCCNS(=O)(=O)c1cccs1)NC1CCN(C(C)C)CC1. The van der Waals surface area contributed by atoms with E-state index in [0.29, 0.717) is 29.4 Å². The van der Waals surface area contributed by atoms with Gasteiger partial charge in [0.05, 0.1) is 0 Å². The number of piperidine rings is 1. The first kappa shape index (κ1) is 20.2. The monoisotopic (exact) mass is 387 g/mol. The summed E-state index contributed by atoms with van der Waals surface area (Å²) in [5.41, 5.74) is 0. The minimum atomic E-state index is -3.40. The fourth-order valence-corrected chi connectivity index (χ4v) is 4.87. The first-order valence-corrected chi connectivity index (χ1v) is 11.0. The number of rotatable bonds is 7. The van der Waals surface area contributed by atoms with Crippen molar-refractivity contribution in [3.05, 3.63) is 17.5 Å². The molecule has 0 spiro atoms. The summed E-state index contributed by atoms with van der Waals surface area (Å²) in [7, 11) is -1.67. The van der Waals surface area contributed by atoms with Crippen LogP contribution in [-0.4, -0.2) is 64.6 Å². The molecule has 1 fully saturated rings. The molecule has 2 rings (SSSR count). The summed E-state index contributed by atoms with van der Waals surface area (Å²) in [5.74, 6) is 0.721. The standard InChI is InChI=1S/C16H29N5O2S2/c1-13(2)21-10-6-14(7-11-21)20-16(17-3)18-8-9-19-25(22,23)15-5-4-12-24-15/h4-5,12-14,19H,6-11H2,1-3H3,(H2,17,18,20). The van der Waals surface area contributed by atoms with E-state index in [0.717, 1.165) is 31.9 Å². The molecule has 0 atom stereocenters.